The topological polar surface area (TPSA) is 58.4 Å². The summed E-state index contributed by atoms with van der Waals surface area (Å²) in [5, 5.41) is 15.3. The first kappa shape index (κ1) is 24.5. The van der Waals surface area contributed by atoms with E-state index in [-0.39, 0.29) is 16.7 Å². The van der Waals surface area contributed by atoms with Crippen molar-refractivity contribution in [2.45, 2.75) is 58.7 Å². The van der Waals surface area contributed by atoms with Crippen molar-refractivity contribution >= 4 is 11.4 Å². The largest absolute Gasteiger partial charge is 0.369 e. The molecule has 0 aliphatic rings. The van der Waals surface area contributed by atoms with Crippen LogP contribution in [0.15, 0.2) is 78.9 Å². The summed E-state index contributed by atoms with van der Waals surface area (Å²) in [6, 6.07) is 26.4. The minimum absolute atomic E-state index is 0.0987. The summed E-state index contributed by atoms with van der Waals surface area (Å²) >= 11 is 0. The Bertz CT molecular complexity index is 972. The van der Waals surface area contributed by atoms with Gasteiger partial charge in [0.1, 0.15) is 5.69 Å². The molecule has 3 aromatic rings. The second-order valence-electron chi connectivity index (χ2n) is 9.04. The van der Waals surface area contributed by atoms with Crippen LogP contribution >= 0.6 is 0 Å². The Morgan fingerprint density at radius 3 is 1.88 bits per heavy atom. The lowest BCUT2D eigenvalue weighted by Crippen LogP contribution is -2.37. The van der Waals surface area contributed by atoms with E-state index in [0.29, 0.717) is 17.8 Å². The molecule has 0 saturated carbocycles. The maximum Gasteiger partial charge on any atom is 0.292 e. The number of hydrogen-bond acceptors (Lipinski definition) is 4. The van der Waals surface area contributed by atoms with Crippen molar-refractivity contribution < 1.29 is 4.92 Å². The zero-order chi connectivity index (χ0) is 23.8. The van der Waals surface area contributed by atoms with Crippen molar-refractivity contribution in [3.8, 4) is 0 Å². The Hall–Kier alpha value is -3.18. The van der Waals surface area contributed by atoms with Gasteiger partial charge in [0.25, 0.3) is 5.69 Å². The lowest BCUT2D eigenvalue weighted by atomic mass is 9.98. The van der Waals surface area contributed by atoms with Crippen molar-refractivity contribution in [1.29, 1.82) is 0 Å². The van der Waals surface area contributed by atoms with Gasteiger partial charge in [-0.15, -0.1) is 0 Å². The van der Waals surface area contributed by atoms with Crippen molar-refractivity contribution in [3.05, 3.63) is 106 Å². The number of nitrogens with zero attached hydrogens (tertiary/aromatic N) is 2. The molecular formula is C28H35N3O2. The Balaban J connectivity index is 1.86. The molecule has 0 amide bonds. The quantitative estimate of drug-likeness (QED) is 0.259. The average Bonchev–Trinajstić information content (AvgIpc) is 2.81. The first-order valence-corrected chi connectivity index (χ1v) is 11.8. The summed E-state index contributed by atoms with van der Waals surface area (Å²) in [6.45, 7) is 9.90. The monoisotopic (exact) mass is 445 g/mol. The van der Waals surface area contributed by atoms with E-state index in [1.54, 1.807) is 6.07 Å². The number of benzene rings is 3. The molecule has 0 atom stereocenters. The van der Waals surface area contributed by atoms with Gasteiger partial charge in [0.05, 0.1) is 11.0 Å². The van der Waals surface area contributed by atoms with Crippen molar-refractivity contribution in [2.75, 3.05) is 11.9 Å². The third kappa shape index (κ3) is 6.65. The Morgan fingerprint density at radius 1 is 0.848 bits per heavy atom. The summed E-state index contributed by atoms with van der Waals surface area (Å²) in [5.41, 5.74) is 3.89. The average molecular weight is 446 g/mol. The molecule has 174 valence electrons. The fourth-order valence-electron chi connectivity index (χ4n) is 4.40. The molecule has 0 radical (unpaired) electrons. The highest BCUT2D eigenvalue weighted by Gasteiger charge is 2.20. The molecule has 0 bridgehead atoms. The number of hydrogen-bond donors (Lipinski definition) is 1. The molecule has 0 aromatic heterocycles. The summed E-state index contributed by atoms with van der Waals surface area (Å²) in [5.74, 6) is 0. The number of nitro benzene ring substituents is 1. The zero-order valence-electron chi connectivity index (χ0n) is 20.1. The van der Waals surface area contributed by atoms with Gasteiger partial charge >= 0.3 is 0 Å². The van der Waals surface area contributed by atoms with E-state index in [2.05, 4.69) is 37.9 Å². The molecule has 0 saturated heterocycles. The molecule has 33 heavy (non-hydrogen) atoms. The van der Waals surface area contributed by atoms with Crippen LogP contribution in [0.25, 0.3) is 0 Å². The van der Waals surface area contributed by atoms with Crippen LogP contribution in [0.3, 0.4) is 0 Å². The standard InChI is InChI=1S/C28H35N3O2/c1-21(2)30(22(3)4)19-11-12-23-17-18-27(31(32)33)26(20-23)29-28(24-13-7-5-8-14-24)25-15-9-6-10-16-25/h5-10,13-18,20-22,28-29H,11-12,19H2,1-4H3. The molecule has 0 unspecified atom stereocenters. The number of nitro groups is 1. The molecule has 0 spiro atoms. The third-order valence-corrected chi connectivity index (χ3v) is 6.03. The van der Waals surface area contributed by atoms with Crippen molar-refractivity contribution in [3.63, 3.8) is 0 Å². The lowest BCUT2D eigenvalue weighted by Gasteiger charge is -2.30. The van der Waals surface area contributed by atoms with E-state index in [9.17, 15) is 10.1 Å². The smallest absolute Gasteiger partial charge is 0.292 e. The van der Waals surface area contributed by atoms with Gasteiger partial charge in [-0.05, 0) is 69.8 Å². The van der Waals surface area contributed by atoms with Gasteiger partial charge in [0.2, 0.25) is 0 Å². The molecule has 0 fully saturated rings. The normalized spacial score (nSPS) is 11.5. The van der Waals surface area contributed by atoms with E-state index in [0.717, 1.165) is 36.1 Å². The minimum Gasteiger partial charge on any atom is -0.369 e. The Kier molecular flexibility index (Phi) is 8.61. The molecular weight excluding hydrogens is 410 g/mol. The highest BCUT2D eigenvalue weighted by molar-refractivity contribution is 5.64. The molecule has 3 rings (SSSR count). The third-order valence-electron chi connectivity index (χ3n) is 6.03. The van der Waals surface area contributed by atoms with Crippen LogP contribution in [0.4, 0.5) is 11.4 Å². The van der Waals surface area contributed by atoms with Crippen LogP contribution in [0, 0.1) is 10.1 Å². The zero-order valence-corrected chi connectivity index (χ0v) is 20.1. The lowest BCUT2D eigenvalue weighted by molar-refractivity contribution is -0.384. The molecule has 3 aromatic carbocycles. The first-order valence-electron chi connectivity index (χ1n) is 11.8. The van der Waals surface area contributed by atoms with E-state index in [4.69, 9.17) is 0 Å². The maximum absolute atomic E-state index is 11.8. The van der Waals surface area contributed by atoms with E-state index in [1.165, 1.54) is 0 Å². The number of rotatable bonds is 11. The summed E-state index contributed by atoms with van der Waals surface area (Å²) in [7, 11) is 0. The van der Waals surface area contributed by atoms with Crippen LogP contribution < -0.4 is 5.32 Å². The number of anilines is 1. The van der Waals surface area contributed by atoms with E-state index in [1.807, 2.05) is 72.8 Å². The van der Waals surface area contributed by atoms with Gasteiger partial charge in [-0.2, -0.15) is 0 Å². The van der Waals surface area contributed by atoms with Gasteiger partial charge < -0.3 is 5.32 Å². The summed E-state index contributed by atoms with van der Waals surface area (Å²) in [6.07, 6.45) is 1.89. The SMILES string of the molecule is CC(C)N(CCCc1ccc([N+](=O)[O-])c(NC(c2ccccc2)c2ccccc2)c1)C(C)C. The summed E-state index contributed by atoms with van der Waals surface area (Å²) < 4.78 is 0. The van der Waals surface area contributed by atoms with E-state index < -0.39 is 0 Å². The highest BCUT2D eigenvalue weighted by atomic mass is 16.6. The van der Waals surface area contributed by atoms with Crippen LogP contribution in [0.5, 0.6) is 0 Å². The molecule has 5 nitrogen and oxygen atoms in total. The molecule has 1 N–H and O–H groups in total. The fourth-order valence-corrected chi connectivity index (χ4v) is 4.40. The van der Waals surface area contributed by atoms with Crippen LogP contribution in [-0.2, 0) is 6.42 Å². The second-order valence-corrected chi connectivity index (χ2v) is 9.04. The van der Waals surface area contributed by atoms with Crippen LogP contribution in [-0.4, -0.2) is 28.5 Å². The van der Waals surface area contributed by atoms with E-state index >= 15 is 0 Å². The van der Waals surface area contributed by atoms with Crippen LogP contribution in [0.1, 0.15) is 56.8 Å². The van der Waals surface area contributed by atoms with Crippen molar-refractivity contribution in [2.24, 2.45) is 0 Å². The minimum atomic E-state index is -0.307. The fraction of sp³-hybridized carbons (Fsp3) is 0.357. The van der Waals surface area contributed by atoms with Gasteiger partial charge in [0.15, 0.2) is 0 Å². The Morgan fingerprint density at radius 2 is 1.39 bits per heavy atom. The van der Waals surface area contributed by atoms with Gasteiger partial charge in [-0.25, -0.2) is 0 Å². The molecule has 0 aliphatic carbocycles. The van der Waals surface area contributed by atoms with Crippen LogP contribution in [0.2, 0.25) is 0 Å². The van der Waals surface area contributed by atoms with Gasteiger partial charge in [-0.3, -0.25) is 15.0 Å². The number of nitrogens with one attached hydrogen (secondary N) is 1. The van der Waals surface area contributed by atoms with Gasteiger partial charge in [-0.1, -0.05) is 66.7 Å². The molecule has 0 aliphatic heterocycles. The Labute approximate surface area is 197 Å². The van der Waals surface area contributed by atoms with Gasteiger partial charge in [0, 0.05) is 18.2 Å². The maximum atomic E-state index is 11.8. The highest BCUT2D eigenvalue weighted by Crippen LogP contribution is 2.33. The van der Waals surface area contributed by atoms with Crippen molar-refractivity contribution in [1.82, 2.24) is 4.90 Å². The molecule has 0 heterocycles. The molecule has 5 heteroatoms. The number of aryl methyl sites for hydroxylation is 1. The first-order chi connectivity index (χ1) is 15.9. The predicted octanol–water partition coefficient (Wildman–Crippen LogP) is 6.85. The predicted molar refractivity (Wildman–Crippen MR) is 137 cm³/mol. The second kappa shape index (κ2) is 11.6. The summed E-state index contributed by atoms with van der Waals surface area (Å²) in [4.78, 5) is 14.0.